The number of imidazole rings is 4. The number of thiophene rings is 1. The standard InChI is InChI=1S/C29H20N3O.C26H21N2.C24H19N2S.C23H19N4O2.C19H10Br2FN2.5Ir/c1-2-31-23-10-5-3-8-20(23)22-18-19(14-15-24(22)31)29-30-16-17-32(29)25-11-7-13-27-28(25)21-9-4-6-12-26(21)33-27;1-18-7-3-8-19(2)25(18)21-11-4-12-22(17-21)26-27-15-16-28(26)24-14-6-10-20-9-5-13-23(20)24;1-15-12-16(2)23(17(3)13-15)26-11-10-25-24(26)18-8-9-22-20(14-18)19-6-4-5-7-21(19)27-22;1-15-12-20(29-19-6-4-3-5-7-19)13-16(2)22(15)27-23(24-25-26-27)18-8-9-21-17(14-18)10-11-28-21;20-16-11-13-3-1-2-4-15(13)17(21)18(16)24-10-9-23-19(24)12-5-7-14(22)8-6-12;;;;;/h3-13,15-18H,2H2,1H3;3-8,10-11,13-17H,9H2,1-2H3;4-7,9-14H,1-3H3;3-7,9,12-14H,10-11H2,1-2H3;1-5,7-11H;;;;;/q5*-1;;;;;. The fourth-order valence-electron chi connectivity index (χ4n) is 19.8. The average molecular weight is 2950 g/mol. The van der Waals surface area contributed by atoms with Gasteiger partial charge in [0.1, 0.15) is 28.5 Å². The number of allylic oxidation sites excluding steroid dienone is 1. The Balaban J connectivity index is 0.000000124. The summed E-state index contributed by atoms with van der Waals surface area (Å²) in [5.41, 5.74) is 28.8. The van der Waals surface area contributed by atoms with Crippen molar-refractivity contribution in [3.63, 3.8) is 0 Å². The molecule has 16 nitrogen and oxygen atoms in total. The molecule has 0 unspecified atom stereocenters. The molecular weight excluding hydrogens is 2860 g/mol. The van der Waals surface area contributed by atoms with E-state index in [0.717, 1.165) is 157 Å². The van der Waals surface area contributed by atoms with E-state index in [1.165, 1.54) is 116 Å². The van der Waals surface area contributed by atoms with Crippen molar-refractivity contribution < 1.29 is 119 Å². The minimum atomic E-state index is -0.315. The van der Waals surface area contributed by atoms with Gasteiger partial charge in [0.2, 0.25) is 0 Å². The smallest absolute Gasteiger partial charge is 0.137 e. The number of ether oxygens (including phenoxy) is 2. The van der Waals surface area contributed by atoms with Crippen molar-refractivity contribution in [2.45, 2.75) is 74.8 Å². The van der Waals surface area contributed by atoms with Gasteiger partial charge in [-0.1, -0.05) is 180 Å². The van der Waals surface area contributed by atoms with Crippen LogP contribution in [0.2, 0.25) is 0 Å². The van der Waals surface area contributed by atoms with E-state index < -0.39 is 0 Å². The maximum atomic E-state index is 13.2. The van der Waals surface area contributed by atoms with Crippen LogP contribution in [0.25, 0.3) is 177 Å². The van der Waals surface area contributed by atoms with Crippen LogP contribution >= 0.6 is 43.2 Å². The van der Waals surface area contributed by atoms with Gasteiger partial charge in [-0.25, -0.2) is 4.68 Å². The van der Waals surface area contributed by atoms with E-state index in [1.807, 2.05) is 170 Å². The third-order valence-corrected chi connectivity index (χ3v) is 28.5. The van der Waals surface area contributed by atoms with Gasteiger partial charge in [0.15, 0.2) is 0 Å². The van der Waals surface area contributed by atoms with Crippen LogP contribution in [0.15, 0.2) is 354 Å². The van der Waals surface area contributed by atoms with Crippen LogP contribution in [0.4, 0.5) is 4.39 Å². The molecule has 9 heterocycles. The third-order valence-electron chi connectivity index (χ3n) is 25.9. The molecule has 0 bridgehead atoms. The number of benzene rings is 16. The molecule has 1 aliphatic heterocycles. The topological polar surface area (TPSA) is 151 Å². The molecule has 146 heavy (non-hydrogen) atoms. The van der Waals surface area contributed by atoms with Gasteiger partial charge < -0.3 is 36.7 Å². The number of rotatable bonds is 14. The molecule has 2 aliphatic rings. The summed E-state index contributed by atoms with van der Waals surface area (Å²) in [5.74, 6) is 6.23. The van der Waals surface area contributed by atoms with E-state index in [1.54, 1.807) is 16.9 Å². The molecule has 0 atom stereocenters. The Hall–Kier alpha value is -13.0. The molecule has 24 aromatic rings. The number of nitrogens with zero attached hydrogens (tertiary/aromatic N) is 13. The van der Waals surface area contributed by atoms with Crippen LogP contribution in [0, 0.1) is 84.6 Å². The fourth-order valence-corrected chi connectivity index (χ4v) is 22.5. The predicted molar refractivity (Wildman–Crippen MR) is 574 cm³/mol. The van der Waals surface area contributed by atoms with Crippen molar-refractivity contribution in [3.8, 4) is 114 Å². The molecule has 0 amide bonds. The molecule has 0 fully saturated rings. The van der Waals surface area contributed by atoms with Gasteiger partial charge in [-0.05, 0) is 254 Å². The van der Waals surface area contributed by atoms with E-state index in [0.29, 0.717) is 18.3 Å². The van der Waals surface area contributed by atoms with Crippen LogP contribution in [0.5, 0.6) is 17.2 Å². The number of hydrogen-bond acceptors (Lipinski definition) is 11. The molecule has 0 spiro atoms. The van der Waals surface area contributed by atoms with Gasteiger partial charge in [0.05, 0.1) is 46.7 Å². The van der Waals surface area contributed by atoms with Gasteiger partial charge in [0.25, 0.3) is 0 Å². The Kier molecular flexibility index (Phi) is 32.6. The zero-order chi connectivity index (χ0) is 96.0. The largest absolute Gasteiger partial charge is 0.536 e. The summed E-state index contributed by atoms with van der Waals surface area (Å²) >= 11 is 9.20. The predicted octanol–water partition coefficient (Wildman–Crippen LogP) is 30.8. The van der Waals surface area contributed by atoms with Crippen molar-refractivity contribution in [1.29, 1.82) is 0 Å². The van der Waals surface area contributed by atoms with Crippen molar-refractivity contribution >= 4 is 124 Å². The quantitative estimate of drug-likeness (QED) is 0.0962. The molecule has 26 rings (SSSR count). The molecule has 16 aromatic carbocycles. The van der Waals surface area contributed by atoms with Gasteiger partial charge in [-0.2, -0.15) is 16.4 Å². The monoisotopic (exact) mass is 2950 g/mol. The first-order valence-electron chi connectivity index (χ1n) is 46.6. The zero-order valence-electron chi connectivity index (χ0n) is 80.0. The fraction of sp³-hybridized carbons (Fsp3) is 0.0992. The number of halogens is 3. The van der Waals surface area contributed by atoms with Crippen LogP contribution in [-0.4, -0.2) is 69.6 Å². The second kappa shape index (κ2) is 45.5. The van der Waals surface area contributed by atoms with Crippen molar-refractivity contribution in [2.24, 2.45) is 0 Å². The Labute approximate surface area is 932 Å². The molecule has 733 valence electrons. The summed E-state index contributed by atoms with van der Waals surface area (Å²) in [7, 11) is 0. The Bertz CT molecular complexity index is 8900. The van der Waals surface area contributed by atoms with Crippen molar-refractivity contribution in [2.75, 3.05) is 6.61 Å². The first kappa shape index (κ1) is 104. The van der Waals surface area contributed by atoms with Crippen LogP contribution in [0.3, 0.4) is 0 Å². The SMILES string of the molecule is CCn1c2c[c-]c(-c3nccn3-c3cccc4oc5ccccc5c34)cc2c2ccccc21.Cc1cc(C)c(-n2ccnc2-c2[c-]cc3sc4ccccc4c3c2)c(C)c1.Cc1cc(Oc2ccccc2)cc(C)c1-n1nnnc1-c1[c-]cc2c(c1)CCO2.Cc1cccc(C)c1-c1cc[c-]c(-c2nccn2-c2cccc3c2C=CC3)c1.Fc1c[c-]c(-c2nccn2-c2c(Br)cc3ccccc3c2Br)cc1.[Ir].[Ir].[Ir].[Ir].[Ir]. The Morgan fingerprint density at radius 2 is 1.02 bits per heavy atom. The molecule has 0 saturated heterocycles. The molecule has 0 N–H and O–H groups in total. The summed E-state index contributed by atoms with van der Waals surface area (Å²) in [6.45, 7) is 18.7. The second-order valence-electron chi connectivity index (χ2n) is 35.1. The minimum absolute atomic E-state index is 0. The Morgan fingerprint density at radius 3 is 1.75 bits per heavy atom. The van der Waals surface area contributed by atoms with E-state index >= 15 is 0 Å². The summed E-state index contributed by atoms with van der Waals surface area (Å²) in [6.07, 6.45) is 21.6. The molecule has 0 saturated carbocycles. The number of tetrazole rings is 1. The summed E-state index contributed by atoms with van der Waals surface area (Å²) in [6, 6.07) is 113. The maximum Gasteiger partial charge on any atom is 0.137 e. The second-order valence-corrected chi connectivity index (χ2v) is 37.8. The molecule has 1 aliphatic carbocycles. The summed E-state index contributed by atoms with van der Waals surface area (Å²) in [4.78, 5) is 18.5. The number of hydrogen-bond donors (Lipinski definition) is 0. The molecular formula is C121H89Br2FIr5N13O3S-5. The number of furan rings is 1. The van der Waals surface area contributed by atoms with E-state index in [2.05, 4.69) is 334 Å². The van der Waals surface area contributed by atoms with Crippen LogP contribution < -0.4 is 9.47 Å². The molecule has 5 radical (unpaired) electrons. The maximum absolute atomic E-state index is 13.2. The normalized spacial score (nSPS) is 11.5. The van der Waals surface area contributed by atoms with Crippen LogP contribution in [0.1, 0.15) is 62.6 Å². The van der Waals surface area contributed by atoms with Crippen LogP contribution in [-0.2, 0) is 120 Å². The average Bonchev–Trinajstić information content (AvgIpc) is 1.60. The minimum Gasteiger partial charge on any atom is -0.536 e. The zero-order valence-corrected chi connectivity index (χ0v) is 95.9. The first-order valence-corrected chi connectivity index (χ1v) is 49.0. The van der Waals surface area contributed by atoms with E-state index in [-0.39, 0.29) is 106 Å². The Morgan fingerprint density at radius 1 is 0.438 bits per heavy atom. The number of aryl methyl sites for hydroxylation is 8. The van der Waals surface area contributed by atoms with E-state index in [9.17, 15) is 4.39 Å². The van der Waals surface area contributed by atoms with Gasteiger partial charge >= 0.3 is 0 Å². The first-order chi connectivity index (χ1) is 69.0. The van der Waals surface area contributed by atoms with Gasteiger partial charge in [-0.3, -0.25) is 24.3 Å². The van der Waals surface area contributed by atoms with Gasteiger partial charge in [-0.15, -0.1) is 137 Å². The molecule has 25 heteroatoms. The van der Waals surface area contributed by atoms with E-state index in [4.69, 9.17) is 18.9 Å². The van der Waals surface area contributed by atoms with Gasteiger partial charge in [0, 0.05) is 215 Å². The van der Waals surface area contributed by atoms with Crippen molar-refractivity contribution in [3.05, 3.63) is 441 Å². The third kappa shape index (κ3) is 20.6. The number of para-hydroxylation sites is 3. The van der Waals surface area contributed by atoms with Crippen molar-refractivity contribution in [1.82, 2.24) is 63.0 Å². The summed E-state index contributed by atoms with van der Waals surface area (Å²) in [5, 5.41) is 21.9. The number of fused-ring (bicyclic) bond motifs is 12. The summed E-state index contributed by atoms with van der Waals surface area (Å²) < 4.78 is 47.9. The molecule has 8 aromatic heterocycles. The number of aromatic nitrogens is 13.